The number of hydrogen-bond acceptors (Lipinski definition) is 3. The molecule has 2 bridgehead atoms. The molecule has 3 aliphatic rings. The molecule has 1 saturated heterocycles. The van der Waals surface area contributed by atoms with Crippen molar-refractivity contribution >= 4 is 49.6 Å². The van der Waals surface area contributed by atoms with Crippen molar-refractivity contribution in [3.63, 3.8) is 0 Å². The van der Waals surface area contributed by atoms with Crippen LogP contribution >= 0.6 is 31.9 Å². The van der Waals surface area contributed by atoms with E-state index in [2.05, 4.69) is 31.9 Å². The fourth-order valence-corrected chi connectivity index (χ4v) is 5.71. The second-order valence-corrected chi connectivity index (χ2v) is 7.59. The van der Waals surface area contributed by atoms with Crippen LogP contribution in [-0.4, -0.2) is 44.0 Å². The number of halogens is 2. The summed E-state index contributed by atoms with van der Waals surface area (Å²) >= 11 is 7.21. The Labute approximate surface area is 127 Å². The van der Waals surface area contributed by atoms with Crippen molar-refractivity contribution in [3.8, 4) is 0 Å². The van der Waals surface area contributed by atoms with E-state index in [1.54, 1.807) is 0 Å². The van der Waals surface area contributed by atoms with E-state index in [-0.39, 0.29) is 58.1 Å². The number of imide groups is 1. The van der Waals surface area contributed by atoms with Gasteiger partial charge in [-0.3, -0.25) is 19.3 Å². The van der Waals surface area contributed by atoms with Crippen molar-refractivity contribution in [1.82, 2.24) is 4.90 Å². The zero-order valence-electron chi connectivity index (χ0n) is 9.96. The van der Waals surface area contributed by atoms with Crippen molar-refractivity contribution in [2.24, 2.45) is 23.7 Å². The lowest BCUT2D eigenvalue weighted by atomic mass is 9.81. The van der Waals surface area contributed by atoms with Crippen LogP contribution in [0.15, 0.2) is 0 Å². The molecule has 5 nitrogen and oxygen atoms in total. The van der Waals surface area contributed by atoms with Gasteiger partial charge in [-0.2, -0.15) is 0 Å². The van der Waals surface area contributed by atoms with Crippen LogP contribution in [0.3, 0.4) is 0 Å². The fourth-order valence-electron chi connectivity index (χ4n) is 3.84. The number of carbonyl (C=O) groups is 3. The second-order valence-electron chi connectivity index (χ2n) is 5.48. The quantitative estimate of drug-likeness (QED) is 0.577. The van der Waals surface area contributed by atoms with Gasteiger partial charge in [0.2, 0.25) is 11.8 Å². The van der Waals surface area contributed by atoms with E-state index in [0.29, 0.717) is 0 Å². The van der Waals surface area contributed by atoms with Gasteiger partial charge in [-0.25, -0.2) is 0 Å². The lowest BCUT2D eigenvalue weighted by Crippen LogP contribution is -2.37. The molecule has 0 aromatic carbocycles. The molecule has 1 N–H and O–H groups in total. The van der Waals surface area contributed by atoms with Crippen LogP contribution < -0.4 is 0 Å². The number of carboxylic acids is 1. The molecule has 0 aromatic heterocycles. The summed E-state index contributed by atoms with van der Waals surface area (Å²) in [6.07, 6.45) is 0.715. The van der Waals surface area contributed by atoms with Crippen molar-refractivity contribution in [3.05, 3.63) is 0 Å². The molecule has 3 rings (SSSR count). The van der Waals surface area contributed by atoms with Crippen LogP contribution in [0.25, 0.3) is 0 Å². The Morgan fingerprint density at radius 3 is 2.05 bits per heavy atom. The monoisotopic (exact) mass is 393 g/mol. The number of carbonyl (C=O) groups excluding carboxylic acids is 2. The summed E-state index contributed by atoms with van der Waals surface area (Å²) in [5, 5.41) is 8.69. The molecule has 0 unspecified atom stereocenters. The van der Waals surface area contributed by atoms with Gasteiger partial charge >= 0.3 is 5.97 Å². The molecule has 19 heavy (non-hydrogen) atoms. The van der Waals surface area contributed by atoms with Crippen molar-refractivity contribution in [1.29, 1.82) is 0 Å². The Morgan fingerprint density at radius 2 is 1.63 bits per heavy atom. The number of fused-ring (bicyclic) bond motifs is 5. The first-order valence-electron chi connectivity index (χ1n) is 6.28. The van der Waals surface area contributed by atoms with Crippen LogP contribution in [0.2, 0.25) is 0 Å². The third kappa shape index (κ3) is 1.81. The summed E-state index contributed by atoms with van der Waals surface area (Å²) in [6, 6.07) is 0. The summed E-state index contributed by atoms with van der Waals surface area (Å²) in [5.41, 5.74) is 0. The molecular weight excluding hydrogens is 382 g/mol. The highest BCUT2D eigenvalue weighted by Gasteiger charge is 2.66. The second kappa shape index (κ2) is 4.55. The first-order chi connectivity index (χ1) is 8.93. The maximum atomic E-state index is 12.3. The fraction of sp³-hybridized carbons (Fsp3) is 0.750. The molecule has 0 radical (unpaired) electrons. The van der Waals surface area contributed by atoms with Crippen molar-refractivity contribution in [2.45, 2.75) is 22.5 Å². The van der Waals surface area contributed by atoms with E-state index >= 15 is 0 Å². The number of amides is 2. The molecule has 1 aliphatic heterocycles. The molecule has 0 aromatic rings. The van der Waals surface area contributed by atoms with Gasteiger partial charge in [0, 0.05) is 16.2 Å². The molecule has 6 atom stereocenters. The molecule has 3 fully saturated rings. The van der Waals surface area contributed by atoms with Crippen LogP contribution in [0.4, 0.5) is 0 Å². The molecule has 2 amide bonds. The van der Waals surface area contributed by atoms with Crippen molar-refractivity contribution < 1.29 is 19.5 Å². The highest BCUT2D eigenvalue weighted by molar-refractivity contribution is 9.12. The average Bonchev–Trinajstić information content (AvgIpc) is 2.93. The van der Waals surface area contributed by atoms with Gasteiger partial charge in [-0.05, 0) is 18.3 Å². The lowest BCUT2D eigenvalue weighted by molar-refractivity contribution is -0.142. The number of aliphatic carboxylic acids is 1. The molecule has 2 aliphatic carbocycles. The van der Waals surface area contributed by atoms with Crippen LogP contribution in [0.1, 0.15) is 12.8 Å². The Morgan fingerprint density at radius 1 is 1.16 bits per heavy atom. The molecule has 2 saturated carbocycles. The first-order valence-corrected chi connectivity index (χ1v) is 8.11. The number of hydrogen-bond donors (Lipinski definition) is 1. The topological polar surface area (TPSA) is 74.7 Å². The van der Waals surface area contributed by atoms with E-state index in [1.165, 1.54) is 0 Å². The molecule has 104 valence electrons. The van der Waals surface area contributed by atoms with Gasteiger partial charge in [0.05, 0.1) is 18.3 Å². The number of likely N-dealkylation sites (tertiary alicyclic amines) is 1. The predicted molar refractivity (Wildman–Crippen MR) is 73.0 cm³/mol. The zero-order valence-corrected chi connectivity index (χ0v) is 13.1. The highest BCUT2D eigenvalue weighted by atomic mass is 79.9. The molecule has 7 heteroatoms. The van der Waals surface area contributed by atoms with Crippen LogP contribution in [0.5, 0.6) is 0 Å². The number of carboxylic acid groups (broad SMARTS) is 1. The summed E-state index contributed by atoms with van der Waals surface area (Å²) < 4.78 is 0. The SMILES string of the molecule is O=C(O)CCN1C(=O)[C@H]2[C@H]3C[C@@H]([C@@H](Br)[C@@H]3Br)[C@@H]2C1=O. The average molecular weight is 395 g/mol. The highest BCUT2D eigenvalue weighted by Crippen LogP contribution is 2.60. The number of rotatable bonds is 3. The minimum Gasteiger partial charge on any atom is -0.481 e. The normalized spacial score (nSPS) is 44.0. The zero-order chi connectivity index (χ0) is 13.9. The Bertz CT molecular complexity index is 437. The maximum Gasteiger partial charge on any atom is 0.305 e. The van der Waals surface area contributed by atoms with E-state index in [1.807, 2.05) is 0 Å². The van der Waals surface area contributed by atoms with Crippen LogP contribution in [0, 0.1) is 23.7 Å². The van der Waals surface area contributed by atoms with Gasteiger partial charge in [-0.1, -0.05) is 31.9 Å². The Hall–Kier alpha value is -0.430. The summed E-state index contributed by atoms with van der Waals surface area (Å²) in [5.74, 6) is -1.46. The van der Waals surface area contributed by atoms with Crippen LogP contribution in [-0.2, 0) is 14.4 Å². The first kappa shape index (κ1) is 13.5. The molecule has 1 heterocycles. The lowest BCUT2D eigenvalue weighted by Gasteiger charge is -2.28. The minimum atomic E-state index is -0.989. The third-order valence-corrected chi connectivity index (χ3v) is 7.83. The Kier molecular flexibility index (Phi) is 3.24. The van der Waals surface area contributed by atoms with Gasteiger partial charge in [-0.15, -0.1) is 0 Å². The standard InChI is InChI=1S/C12H13Br2NO4/c13-9-4-3-5(10(9)14)8-7(4)11(18)15(12(8)19)2-1-6(16)17/h4-5,7-10H,1-3H2,(H,16,17)/t4-,5-,7+,8+,9-,10-/m1/s1. The van der Waals surface area contributed by atoms with Gasteiger partial charge in [0.1, 0.15) is 0 Å². The number of alkyl halides is 2. The minimum absolute atomic E-state index is 0.000650. The van der Waals surface area contributed by atoms with E-state index < -0.39 is 5.97 Å². The molecular formula is C12H13Br2NO4. The summed E-state index contributed by atoms with van der Waals surface area (Å²) in [6.45, 7) is -0.000650. The van der Waals surface area contributed by atoms with Crippen molar-refractivity contribution in [2.75, 3.05) is 6.54 Å². The largest absolute Gasteiger partial charge is 0.481 e. The van der Waals surface area contributed by atoms with E-state index in [0.717, 1.165) is 11.3 Å². The number of nitrogens with zero attached hydrogens (tertiary/aromatic N) is 1. The Balaban J connectivity index is 1.83. The third-order valence-electron chi connectivity index (χ3n) is 4.63. The maximum absolute atomic E-state index is 12.3. The molecule has 0 spiro atoms. The van der Waals surface area contributed by atoms with Gasteiger partial charge < -0.3 is 5.11 Å². The smallest absolute Gasteiger partial charge is 0.305 e. The summed E-state index contributed by atoms with van der Waals surface area (Å²) in [4.78, 5) is 36.8. The van der Waals surface area contributed by atoms with Gasteiger partial charge in [0.25, 0.3) is 0 Å². The van der Waals surface area contributed by atoms with E-state index in [4.69, 9.17) is 5.11 Å². The van der Waals surface area contributed by atoms with Gasteiger partial charge in [0.15, 0.2) is 0 Å². The summed E-state index contributed by atoms with van der Waals surface area (Å²) in [7, 11) is 0. The predicted octanol–water partition coefficient (Wildman–Crippen LogP) is 1.24. The van der Waals surface area contributed by atoms with E-state index in [9.17, 15) is 14.4 Å².